The van der Waals surface area contributed by atoms with Gasteiger partial charge in [-0.3, -0.25) is 9.69 Å². The molecule has 3 aromatic rings. The molecule has 0 aromatic heterocycles. The Hall–Kier alpha value is -3.58. The molecule has 2 aliphatic heterocycles. The summed E-state index contributed by atoms with van der Waals surface area (Å²) in [4.78, 5) is 17.1. The molecule has 1 atom stereocenters. The van der Waals surface area contributed by atoms with E-state index in [0.717, 1.165) is 30.2 Å². The summed E-state index contributed by atoms with van der Waals surface area (Å²) in [5, 5.41) is 3.09. The number of nitrogens with one attached hydrogen (secondary N) is 1. The maximum Gasteiger partial charge on any atom is 0.251 e. The van der Waals surface area contributed by atoms with Gasteiger partial charge in [-0.2, -0.15) is 0 Å². The zero-order valence-electron chi connectivity index (χ0n) is 18.2. The molecule has 33 heavy (non-hydrogen) atoms. The predicted octanol–water partition coefficient (Wildman–Crippen LogP) is 3.85. The third-order valence-electron chi connectivity index (χ3n) is 6.22. The predicted molar refractivity (Wildman–Crippen MR) is 124 cm³/mol. The van der Waals surface area contributed by atoms with Crippen LogP contribution in [0.25, 0.3) is 0 Å². The van der Waals surface area contributed by atoms with Gasteiger partial charge < -0.3 is 19.7 Å². The first-order valence-corrected chi connectivity index (χ1v) is 11.2. The quantitative estimate of drug-likeness (QED) is 0.622. The minimum absolute atomic E-state index is 0.0464. The number of benzene rings is 3. The molecule has 0 bridgehead atoms. The largest absolute Gasteiger partial charge is 0.454 e. The zero-order chi connectivity index (χ0) is 22.6. The third kappa shape index (κ3) is 4.64. The molecule has 0 spiro atoms. The van der Waals surface area contributed by atoms with Crippen molar-refractivity contribution >= 4 is 11.6 Å². The molecule has 7 heteroatoms. The number of hydrogen-bond donors (Lipinski definition) is 1. The van der Waals surface area contributed by atoms with E-state index in [1.165, 1.54) is 6.07 Å². The van der Waals surface area contributed by atoms with Crippen LogP contribution in [0.3, 0.4) is 0 Å². The number of rotatable bonds is 6. The molecule has 0 unspecified atom stereocenters. The van der Waals surface area contributed by atoms with Crippen LogP contribution < -0.4 is 19.7 Å². The van der Waals surface area contributed by atoms with E-state index in [0.29, 0.717) is 30.9 Å². The summed E-state index contributed by atoms with van der Waals surface area (Å²) in [6.07, 6.45) is 0. The molecule has 2 heterocycles. The second kappa shape index (κ2) is 9.50. The van der Waals surface area contributed by atoms with Gasteiger partial charge in [-0.25, -0.2) is 4.39 Å². The Labute approximate surface area is 192 Å². The van der Waals surface area contributed by atoms with Crippen LogP contribution in [0, 0.1) is 5.82 Å². The Morgan fingerprint density at radius 3 is 2.42 bits per heavy atom. The average Bonchev–Trinajstić information content (AvgIpc) is 3.33. The second-order valence-electron chi connectivity index (χ2n) is 8.18. The Morgan fingerprint density at radius 2 is 1.64 bits per heavy atom. The van der Waals surface area contributed by atoms with Crippen LogP contribution >= 0.6 is 0 Å². The number of carbonyl (C=O) groups excluding carboxylic acids is 1. The van der Waals surface area contributed by atoms with Gasteiger partial charge >= 0.3 is 0 Å². The monoisotopic (exact) mass is 447 g/mol. The van der Waals surface area contributed by atoms with Gasteiger partial charge in [0.1, 0.15) is 5.82 Å². The van der Waals surface area contributed by atoms with Crippen molar-refractivity contribution in [2.45, 2.75) is 6.04 Å². The SMILES string of the molecule is O=C(NC[C@@H](c1ccc2c(c1)OCO2)N1CCN(c2ccccc2F)CC1)c1ccccc1. The standard InChI is InChI=1S/C26H26FN3O3/c27-21-8-4-5-9-22(21)29-12-14-30(15-13-29)23(17-28-26(31)19-6-2-1-3-7-19)20-10-11-24-25(16-20)33-18-32-24/h1-11,16,23H,12-15,17-18H2,(H,28,31)/t23-/m0/s1. The van der Waals surface area contributed by atoms with Crippen molar-refractivity contribution in [3.05, 3.63) is 89.7 Å². The highest BCUT2D eigenvalue weighted by Gasteiger charge is 2.28. The fourth-order valence-corrected chi connectivity index (χ4v) is 4.44. The molecule has 3 aromatic carbocycles. The number of anilines is 1. The van der Waals surface area contributed by atoms with E-state index in [1.807, 2.05) is 48.5 Å². The van der Waals surface area contributed by atoms with Gasteiger partial charge in [0.25, 0.3) is 5.91 Å². The highest BCUT2D eigenvalue weighted by Crippen LogP contribution is 2.36. The van der Waals surface area contributed by atoms with Crippen molar-refractivity contribution in [3.63, 3.8) is 0 Å². The van der Waals surface area contributed by atoms with Gasteiger partial charge in [-0.1, -0.05) is 36.4 Å². The van der Waals surface area contributed by atoms with Crippen molar-refractivity contribution < 1.29 is 18.7 Å². The lowest BCUT2D eigenvalue weighted by Crippen LogP contribution is -2.50. The highest BCUT2D eigenvalue weighted by atomic mass is 19.1. The minimum atomic E-state index is -0.201. The molecule has 0 radical (unpaired) electrons. The van der Waals surface area contributed by atoms with E-state index in [4.69, 9.17) is 9.47 Å². The number of ether oxygens (including phenoxy) is 2. The number of hydrogen-bond acceptors (Lipinski definition) is 5. The molecule has 1 amide bonds. The summed E-state index contributed by atoms with van der Waals surface area (Å²) < 4.78 is 25.3. The summed E-state index contributed by atoms with van der Waals surface area (Å²) in [5.74, 6) is 1.15. The average molecular weight is 448 g/mol. The normalized spacial score (nSPS) is 16.5. The van der Waals surface area contributed by atoms with Crippen LogP contribution in [0.1, 0.15) is 22.0 Å². The summed E-state index contributed by atoms with van der Waals surface area (Å²) in [6, 6.07) is 22.0. The van der Waals surface area contributed by atoms with E-state index in [-0.39, 0.29) is 24.6 Å². The van der Waals surface area contributed by atoms with Gasteiger partial charge in [-0.15, -0.1) is 0 Å². The fraction of sp³-hybridized carbons (Fsp3) is 0.269. The molecular weight excluding hydrogens is 421 g/mol. The molecule has 2 aliphatic rings. The Bertz CT molecular complexity index is 1120. The maximum atomic E-state index is 14.3. The maximum absolute atomic E-state index is 14.3. The van der Waals surface area contributed by atoms with Crippen LogP contribution in [-0.2, 0) is 0 Å². The number of nitrogens with zero attached hydrogens (tertiary/aromatic N) is 2. The molecule has 5 rings (SSSR count). The van der Waals surface area contributed by atoms with Crippen LogP contribution in [0.5, 0.6) is 11.5 Å². The van der Waals surface area contributed by atoms with Crippen LogP contribution in [0.4, 0.5) is 10.1 Å². The van der Waals surface area contributed by atoms with Gasteiger partial charge in [0.2, 0.25) is 6.79 Å². The lowest BCUT2D eigenvalue weighted by molar-refractivity contribution is 0.0930. The van der Waals surface area contributed by atoms with Crippen LogP contribution in [0.2, 0.25) is 0 Å². The number of fused-ring (bicyclic) bond motifs is 1. The molecule has 6 nitrogen and oxygen atoms in total. The van der Waals surface area contributed by atoms with E-state index in [2.05, 4.69) is 15.1 Å². The van der Waals surface area contributed by atoms with Gasteiger partial charge in [-0.05, 0) is 42.0 Å². The first-order chi connectivity index (χ1) is 16.2. The molecular formula is C26H26FN3O3. The van der Waals surface area contributed by atoms with Crippen molar-refractivity contribution in [1.29, 1.82) is 0 Å². The Morgan fingerprint density at radius 1 is 0.909 bits per heavy atom. The number of halogens is 1. The number of para-hydroxylation sites is 1. The fourth-order valence-electron chi connectivity index (χ4n) is 4.44. The first-order valence-electron chi connectivity index (χ1n) is 11.2. The van der Waals surface area contributed by atoms with Crippen molar-refractivity contribution in [2.24, 2.45) is 0 Å². The summed E-state index contributed by atoms with van der Waals surface area (Å²) in [7, 11) is 0. The number of piperazine rings is 1. The summed E-state index contributed by atoms with van der Waals surface area (Å²) >= 11 is 0. The van der Waals surface area contributed by atoms with E-state index >= 15 is 0 Å². The lowest BCUT2D eigenvalue weighted by atomic mass is 10.0. The van der Waals surface area contributed by atoms with Crippen molar-refractivity contribution in [3.8, 4) is 11.5 Å². The van der Waals surface area contributed by atoms with Gasteiger partial charge in [0, 0.05) is 38.3 Å². The first kappa shape index (κ1) is 21.3. The number of carbonyl (C=O) groups is 1. The summed E-state index contributed by atoms with van der Waals surface area (Å²) in [5.41, 5.74) is 2.31. The molecule has 170 valence electrons. The molecule has 1 saturated heterocycles. The Balaban J connectivity index is 1.33. The lowest BCUT2D eigenvalue weighted by Gasteiger charge is -2.40. The molecule has 0 aliphatic carbocycles. The smallest absolute Gasteiger partial charge is 0.251 e. The Kier molecular flexibility index (Phi) is 6.13. The second-order valence-corrected chi connectivity index (χ2v) is 8.18. The van der Waals surface area contributed by atoms with Crippen LogP contribution in [0.15, 0.2) is 72.8 Å². The third-order valence-corrected chi connectivity index (χ3v) is 6.22. The highest BCUT2D eigenvalue weighted by molar-refractivity contribution is 5.94. The van der Waals surface area contributed by atoms with E-state index < -0.39 is 0 Å². The minimum Gasteiger partial charge on any atom is -0.454 e. The number of amides is 1. The molecule has 1 fully saturated rings. The topological polar surface area (TPSA) is 54.0 Å². The van der Waals surface area contributed by atoms with E-state index in [9.17, 15) is 9.18 Å². The zero-order valence-corrected chi connectivity index (χ0v) is 18.2. The molecule has 1 N–H and O–H groups in total. The molecule has 0 saturated carbocycles. The van der Waals surface area contributed by atoms with Crippen molar-refractivity contribution in [1.82, 2.24) is 10.2 Å². The summed E-state index contributed by atoms with van der Waals surface area (Å²) in [6.45, 7) is 3.56. The van der Waals surface area contributed by atoms with E-state index in [1.54, 1.807) is 18.2 Å². The van der Waals surface area contributed by atoms with Gasteiger partial charge in [0.05, 0.1) is 11.7 Å². The van der Waals surface area contributed by atoms with Gasteiger partial charge in [0.15, 0.2) is 11.5 Å². The van der Waals surface area contributed by atoms with Crippen LogP contribution in [-0.4, -0.2) is 50.3 Å². The van der Waals surface area contributed by atoms with Crippen molar-refractivity contribution in [2.75, 3.05) is 44.4 Å².